The fourth-order valence-electron chi connectivity index (χ4n) is 5.45. The van der Waals surface area contributed by atoms with Gasteiger partial charge in [-0.2, -0.15) is 11.8 Å². The number of aromatic hydroxyl groups is 1. The van der Waals surface area contributed by atoms with Crippen molar-refractivity contribution in [3.05, 3.63) is 61.9 Å². The molecule has 2 saturated heterocycles. The van der Waals surface area contributed by atoms with Crippen molar-refractivity contribution in [2.75, 3.05) is 37.7 Å². The van der Waals surface area contributed by atoms with Crippen LogP contribution in [-0.2, 0) is 26.7 Å². The van der Waals surface area contributed by atoms with Gasteiger partial charge < -0.3 is 14.2 Å². The summed E-state index contributed by atoms with van der Waals surface area (Å²) in [5, 5.41) is 10.5. The summed E-state index contributed by atoms with van der Waals surface area (Å²) in [6.07, 6.45) is 1.12. The Balaban J connectivity index is 1.38. The number of pyridine rings is 2. The van der Waals surface area contributed by atoms with E-state index >= 15 is 0 Å². The van der Waals surface area contributed by atoms with Crippen LogP contribution in [0.15, 0.2) is 33.9 Å². The van der Waals surface area contributed by atoms with Crippen molar-refractivity contribution in [1.29, 1.82) is 0 Å². The third-order valence-corrected chi connectivity index (χ3v) is 8.00. The molecule has 0 spiro atoms. The maximum Gasteiger partial charge on any atom is 0.250 e. The molecule has 166 valence electrons. The highest BCUT2D eigenvalue weighted by molar-refractivity contribution is 7.99. The maximum absolute atomic E-state index is 12.6. The van der Waals surface area contributed by atoms with Gasteiger partial charge in [-0.25, -0.2) is 0 Å². The Bertz CT molecular complexity index is 1090. The van der Waals surface area contributed by atoms with Crippen LogP contribution in [0.4, 0.5) is 0 Å². The first-order valence-electron chi connectivity index (χ1n) is 11.1. The van der Waals surface area contributed by atoms with E-state index in [-0.39, 0.29) is 16.7 Å². The lowest BCUT2D eigenvalue weighted by molar-refractivity contribution is 0.112. The van der Waals surface area contributed by atoms with Gasteiger partial charge in [0.25, 0.3) is 5.56 Å². The summed E-state index contributed by atoms with van der Waals surface area (Å²) in [5.74, 6) is 2.87. The van der Waals surface area contributed by atoms with E-state index in [1.807, 2.05) is 34.0 Å². The Labute approximate surface area is 186 Å². The third-order valence-electron chi connectivity index (χ3n) is 7.06. The Morgan fingerprint density at radius 1 is 1.06 bits per heavy atom. The van der Waals surface area contributed by atoms with Gasteiger partial charge in [0.2, 0.25) is 5.43 Å². The van der Waals surface area contributed by atoms with Crippen molar-refractivity contribution in [3.8, 4) is 5.75 Å². The molecule has 0 aromatic carbocycles. The molecule has 31 heavy (non-hydrogen) atoms. The maximum atomic E-state index is 12.6. The number of fused-ring (bicyclic) bond motifs is 4. The molecular weight excluding hydrogens is 412 g/mol. The van der Waals surface area contributed by atoms with Gasteiger partial charge in [-0.1, -0.05) is 6.07 Å². The summed E-state index contributed by atoms with van der Waals surface area (Å²) < 4.78 is 3.96. The largest absolute Gasteiger partial charge is 0.503 e. The molecule has 3 aliphatic rings. The van der Waals surface area contributed by atoms with E-state index in [9.17, 15) is 14.7 Å². The van der Waals surface area contributed by atoms with Crippen LogP contribution in [0.25, 0.3) is 0 Å². The summed E-state index contributed by atoms with van der Waals surface area (Å²) in [6.45, 7) is 5.83. The quantitative estimate of drug-likeness (QED) is 0.772. The summed E-state index contributed by atoms with van der Waals surface area (Å²) >= 11 is 1.95. The number of hydrogen-bond acceptors (Lipinski definition) is 6. The zero-order valence-corrected chi connectivity index (χ0v) is 18.8. The molecular formula is C23H30N4O3S. The Morgan fingerprint density at radius 2 is 1.87 bits per heavy atom. The Morgan fingerprint density at radius 3 is 2.68 bits per heavy atom. The second-order valence-corrected chi connectivity index (χ2v) is 10.4. The van der Waals surface area contributed by atoms with Crippen molar-refractivity contribution < 1.29 is 5.11 Å². The second-order valence-electron chi connectivity index (χ2n) is 9.13. The van der Waals surface area contributed by atoms with E-state index < -0.39 is 0 Å². The number of aromatic nitrogens is 2. The van der Waals surface area contributed by atoms with Crippen molar-refractivity contribution in [2.45, 2.75) is 32.0 Å². The summed E-state index contributed by atoms with van der Waals surface area (Å²) in [5.41, 5.74) is 2.60. The first-order chi connectivity index (χ1) is 15.0. The van der Waals surface area contributed by atoms with Gasteiger partial charge in [0.15, 0.2) is 5.75 Å². The predicted octanol–water partition coefficient (Wildman–Crippen LogP) is 1.42. The van der Waals surface area contributed by atoms with Gasteiger partial charge in [-0.15, -0.1) is 0 Å². The van der Waals surface area contributed by atoms with Crippen molar-refractivity contribution >= 4 is 11.8 Å². The molecule has 7 nitrogen and oxygen atoms in total. The van der Waals surface area contributed by atoms with Crippen LogP contribution in [-0.4, -0.2) is 61.7 Å². The highest BCUT2D eigenvalue weighted by Gasteiger charge is 2.34. The lowest BCUT2D eigenvalue weighted by atomic mass is 9.83. The van der Waals surface area contributed by atoms with Crippen LogP contribution in [0, 0.1) is 5.92 Å². The average Bonchev–Trinajstić information content (AvgIpc) is 2.76. The Kier molecular flexibility index (Phi) is 5.71. The minimum Gasteiger partial charge on any atom is -0.503 e. The highest BCUT2D eigenvalue weighted by atomic mass is 32.2. The van der Waals surface area contributed by atoms with Crippen LogP contribution in [0.2, 0.25) is 0 Å². The summed E-state index contributed by atoms with van der Waals surface area (Å²) in [7, 11) is 1.96. The van der Waals surface area contributed by atoms with Crippen LogP contribution in [0.1, 0.15) is 29.4 Å². The fraction of sp³-hybridized carbons (Fsp3) is 0.565. The third kappa shape index (κ3) is 4.08. The topological polar surface area (TPSA) is 70.7 Å². The highest BCUT2D eigenvalue weighted by Crippen LogP contribution is 2.35. The standard InChI is InChI=1S/C23H30N4O3S/c1-24-18(10-21(28)23(30)20(24)15-25-5-7-31-8-6-25)14-26-11-16-9-17(13-26)19-3-2-4-22(29)27(19)12-16/h2-4,10,16-17,30H,5-9,11-15H2,1H3. The molecule has 2 atom stereocenters. The van der Waals surface area contributed by atoms with E-state index in [4.69, 9.17) is 0 Å². The van der Waals surface area contributed by atoms with Gasteiger partial charge in [0.1, 0.15) is 0 Å². The Hall–Kier alpha value is -2.03. The summed E-state index contributed by atoms with van der Waals surface area (Å²) in [4.78, 5) is 29.5. The number of nitrogens with zero attached hydrogens (tertiary/aromatic N) is 4. The van der Waals surface area contributed by atoms with Crippen LogP contribution >= 0.6 is 11.8 Å². The van der Waals surface area contributed by atoms with E-state index in [1.165, 1.54) is 0 Å². The minimum atomic E-state index is -0.288. The van der Waals surface area contributed by atoms with Crippen LogP contribution in [0.3, 0.4) is 0 Å². The fourth-order valence-corrected chi connectivity index (χ4v) is 6.43. The molecule has 2 fully saturated rings. The lowest BCUT2D eigenvalue weighted by Crippen LogP contribution is -2.47. The average molecular weight is 443 g/mol. The molecule has 0 amide bonds. The number of likely N-dealkylation sites (tertiary alicyclic amines) is 1. The van der Waals surface area contributed by atoms with Gasteiger partial charge in [-0.05, 0) is 18.4 Å². The van der Waals surface area contributed by atoms with Crippen molar-refractivity contribution in [3.63, 3.8) is 0 Å². The number of piperidine rings is 1. The molecule has 3 aliphatic heterocycles. The van der Waals surface area contributed by atoms with Crippen LogP contribution < -0.4 is 11.0 Å². The van der Waals surface area contributed by atoms with E-state index in [1.54, 1.807) is 12.1 Å². The molecule has 2 aromatic heterocycles. The SMILES string of the molecule is Cn1c(CN2CC3CC(C2)c2cccc(=O)n2C3)cc(=O)c(O)c1CN1CCSCC1. The van der Waals surface area contributed by atoms with E-state index in [0.717, 1.165) is 62.0 Å². The zero-order chi connectivity index (χ0) is 21.5. The van der Waals surface area contributed by atoms with E-state index in [0.29, 0.717) is 30.6 Å². The molecule has 5 rings (SSSR count). The lowest BCUT2D eigenvalue weighted by Gasteiger charge is -2.43. The first kappa shape index (κ1) is 20.8. The molecule has 2 unspecified atom stereocenters. The van der Waals surface area contributed by atoms with Gasteiger partial charge >= 0.3 is 0 Å². The van der Waals surface area contributed by atoms with Gasteiger partial charge in [0, 0.05) is 93.8 Å². The number of hydrogen-bond donors (Lipinski definition) is 1. The molecule has 1 N–H and O–H groups in total. The first-order valence-corrected chi connectivity index (χ1v) is 12.3. The van der Waals surface area contributed by atoms with Gasteiger partial charge in [-0.3, -0.25) is 19.4 Å². The molecule has 0 aliphatic carbocycles. The van der Waals surface area contributed by atoms with Crippen molar-refractivity contribution in [2.24, 2.45) is 13.0 Å². The monoisotopic (exact) mass is 442 g/mol. The molecule has 2 bridgehead atoms. The second kappa shape index (κ2) is 8.48. The summed E-state index contributed by atoms with van der Waals surface area (Å²) in [6, 6.07) is 7.18. The smallest absolute Gasteiger partial charge is 0.250 e. The van der Waals surface area contributed by atoms with Gasteiger partial charge in [0.05, 0.1) is 5.69 Å². The van der Waals surface area contributed by atoms with E-state index in [2.05, 4.69) is 15.9 Å². The predicted molar refractivity (Wildman–Crippen MR) is 123 cm³/mol. The molecule has 8 heteroatoms. The molecule has 0 radical (unpaired) electrons. The number of rotatable bonds is 4. The molecule has 0 saturated carbocycles. The molecule has 2 aromatic rings. The minimum absolute atomic E-state index is 0.0994. The zero-order valence-electron chi connectivity index (χ0n) is 18.0. The normalized spacial score (nSPS) is 24.2. The van der Waals surface area contributed by atoms with Crippen LogP contribution in [0.5, 0.6) is 5.75 Å². The number of thioether (sulfide) groups is 1. The molecule has 5 heterocycles. The van der Waals surface area contributed by atoms with Crippen molar-refractivity contribution in [1.82, 2.24) is 18.9 Å².